The Labute approximate surface area is 145 Å². The first-order chi connectivity index (χ1) is 12.2. The summed E-state index contributed by atoms with van der Waals surface area (Å²) in [6, 6.07) is 15.8. The number of ether oxygens (including phenoxy) is 1. The molecule has 0 radical (unpaired) electrons. The molecule has 0 amide bonds. The molecule has 25 heavy (non-hydrogen) atoms. The maximum atomic E-state index is 13.6. The normalized spacial score (nSPS) is 10.4. The fourth-order valence-corrected chi connectivity index (χ4v) is 2.45. The molecule has 0 fully saturated rings. The fraction of sp³-hybridized carbons (Fsp3) is 0.158. The molecule has 1 aromatic heterocycles. The molecule has 0 atom stereocenters. The average molecular weight is 336 g/mol. The third-order valence-corrected chi connectivity index (χ3v) is 3.65. The molecule has 0 saturated heterocycles. The van der Waals surface area contributed by atoms with Gasteiger partial charge in [-0.25, -0.2) is 4.39 Å². The number of nitrogens with one attached hydrogen (secondary N) is 2. The van der Waals surface area contributed by atoms with Crippen LogP contribution in [0, 0.1) is 24.1 Å². The molecule has 0 bridgehead atoms. The lowest BCUT2D eigenvalue weighted by atomic mass is 10.2. The van der Waals surface area contributed by atoms with Crippen molar-refractivity contribution in [1.82, 2.24) is 15.5 Å². The van der Waals surface area contributed by atoms with Crippen LogP contribution in [0.4, 0.5) is 4.39 Å². The fourth-order valence-electron chi connectivity index (χ4n) is 2.45. The van der Waals surface area contributed by atoms with Crippen molar-refractivity contribution in [3.8, 4) is 17.6 Å². The number of nitriles is 1. The lowest BCUT2D eigenvalue weighted by molar-refractivity contribution is 0.464. The number of aromatic nitrogens is 2. The molecule has 2 N–H and O–H groups in total. The van der Waals surface area contributed by atoms with Crippen molar-refractivity contribution >= 4 is 0 Å². The van der Waals surface area contributed by atoms with Gasteiger partial charge in [-0.05, 0) is 24.6 Å². The van der Waals surface area contributed by atoms with Crippen LogP contribution in [0.25, 0.3) is 0 Å². The quantitative estimate of drug-likeness (QED) is 0.718. The number of hydrogen-bond donors (Lipinski definition) is 2. The number of aryl methyl sites for hydroxylation is 1. The monoisotopic (exact) mass is 336 g/mol. The van der Waals surface area contributed by atoms with Crippen LogP contribution in [0.1, 0.15) is 22.5 Å². The summed E-state index contributed by atoms with van der Waals surface area (Å²) in [6.45, 7) is 3.02. The van der Waals surface area contributed by atoms with Crippen LogP contribution in [0.15, 0.2) is 48.5 Å². The van der Waals surface area contributed by atoms with Gasteiger partial charge in [-0.3, -0.25) is 5.10 Å². The number of benzene rings is 2. The van der Waals surface area contributed by atoms with Crippen molar-refractivity contribution in [1.29, 1.82) is 5.26 Å². The highest BCUT2D eigenvalue weighted by Crippen LogP contribution is 2.28. The second-order valence-corrected chi connectivity index (χ2v) is 5.60. The summed E-state index contributed by atoms with van der Waals surface area (Å²) < 4.78 is 19.3. The Hall–Kier alpha value is -3.17. The summed E-state index contributed by atoms with van der Waals surface area (Å²) in [6.07, 6.45) is 0. The third-order valence-electron chi connectivity index (χ3n) is 3.65. The Bertz CT molecular complexity index is 900. The van der Waals surface area contributed by atoms with E-state index < -0.39 is 5.82 Å². The molecule has 0 aliphatic carbocycles. The minimum Gasteiger partial charge on any atom is -0.453 e. The highest BCUT2D eigenvalue weighted by atomic mass is 19.1. The van der Waals surface area contributed by atoms with Crippen LogP contribution in [0.5, 0.6) is 11.5 Å². The number of aromatic amines is 1. The average Bonchev–Trinajstić information content (AvgIpc) is 2.95. The predicted octanol–water partition coefficient (Wildman–Crippen LogP) is 3.81. The van der Waals surface area contributed by atoms with E-state index in [4.69, 9.17) is 10.00 Å². The van der Waals surface area contributed by atoms with Crippen molar-refractivity contribution in [2.75, 3.05) is 0 Å². The summed E-state index contributed by atoms with van der Waals surface area (Å²) in [4.78, 5) is 0. The minimum absolute atomic E-state index is 0.208. The van der Waals surface area contributed by atoms with Crippen molar-refractivity contribution in [2.24, 2.45) is 0 Å². The number of rotatable bonds is 6. The van der Waals surface area contributed by atoms with E-state index in [2.05, 4.69) is 15.5 Å². The first kappa shape index (κ1) is 16.7. The van der Waals surface area contributed by atoms with Gasteiger partial charge in [-0.1, -0.05) is 30.3 Å². The summed E-state index contributed by atoms with van der Waals surface area (Å²) in [5.74, 6) is 0.291. The van der Waals surface area contributed by atoms with E-state index in [-0.39, 0.29) is 11.3 Å². The second kappa shape index (κ2) is 7.60. The molecular weight excluding hydrogens is 319 g/mol. The number of H-pyrrole nitrogens is 1. The molecule has 3 rings (SSSR count). The summed E-state index contributed by atoms with van der Waals surface area (Å²) in [7, 11) is 0. The lowest BCUT2D eigenvalue weighted by Gasteiger charge is -2.09. The van der Waals surface area contributed by atoms with Gasteiger partial charge in [0.2, 0.25) is 0 Å². The van der Waals surface area contributed by atoms with Crippen molar-refractivity contribution in [2.45, 2.75) is 20.0 Å². The Morgan fingerprint density at radius 2 is 2.00 bits per heavy atom. The van der Waals surface area contributed by atoms with Crippen molar-refractivity contribution in [3.63, 3.8) is 0 Å². The summed E-state index contributed by atoms with van der Waals surface area (Å²) in [5.41, 5.74) is 2.80. The van der Waals surface area contributed by atoms with Gasteiger partial charge in [0.15, 0.2) is 5.75 Å². The SMILES string of the molecule is Cc1[nH]nc(CNCc2ccccc2)c1Oc1cc(F)cc(C#N)c1. The minimum atomic E-state index is -0.515. The zero-order valence-corrected chi connectivity index (χ0v) is 13.7. The Kier molecular flexibility index (Phi) is 5.07. The maximum Gasteiger partial charge on any atom is 0.172 e. The van der Waals surface area contributed by atoms with Gasteiger partial charge in [0.25, 0.3) is 0 Å². The molecule has 3 aromatic rings. The van der Waals surface area contributed by atoms with Gasteiger partial charge < -0.3 is 10.1 Å². The number of hydrogen-bond acceptors (Lipinski definition) is 4. The van der Waals surface area contributed by atoms with Crippen molar-refractivity contribution < 1.29 is 9.13 Å². The molecule has 5 nitrogen and oxygen atoms in total. The molecule has 1 heterocycles. The van der Waals surface area contributed by atoms with E-state index in [1.807, 2.05) is 43.3 Å². The van der Waals surface area contributed by atoms with Crippen molar-refractivity contribution in [3.05, 3.63) is 76.9 Å². The zero-order valence-electron chi connectivity index (χ0n) is 13.7. The van der Waals surface area contributed by atoms with Gasteiger partial charge in [0.05, 0.1) is 17.3 Å². The van der Waals surface area contributed by atoms with Gasteiger partial charge in [-0.15, -0.1) is 0 Å². The topological polar surface area (TPSA) is 73.7 Å². The highest BCUT2D eigenvalue weighted by molar-refractivity contribution is 5.42. The van der Waals surface area contributed by atoms with Crippen LogP contribution < -0.4 is 10.1 Å². The standard InChI is InChI=1S/C19H17FN4O/c1-13-19(25-17-8-15(10-21)7-16(20)9-17)18(24-23-13)12-22-11-14-5-3-2-4-6-14/h2-9,22H,11-12H2,1H3,(H,23,24). The lowest BCUT2D eigenvalue weighted by Crippen LogP contribution is -2.13. The van der Waals surface area contributed by atoms with E-state index in [9.17, 15) is 4.39 Å². The third kappa shape index (κ3) is 4.22. The zero-order chi connectivity index (χ0) is 17.6. The van der Waals surface area contributed by atoms with E-state index in [0.29, 0.717) is 24.5 Å². The highest BCUT2D eigenvalue weighted by Gasteiger charge is 2.13. The number of nitrogens with zero attached hydrogens (tertiary/aromatic N) is 2. The van der Waals surface area contributed by atoms with E-state index in [0.717, 1.165) is 11.8 Å². The molecule has 6 heteroatoms. The summed E-state index contributed by atoms with van der Waals surface area (Å²) in [5, 5.41) is 19.4. The largest absolute Gasteiger partial charge is 0.453 e. The van der Waals surface area contributed by atoms with Gasteiger partial charge in [0.1, 0.15) is 17.3 Å². The Balaban J connectivity index is 1.71. The van der Waals surface area contributed by atoms with Gasteiger partial charge in [-0.2, -0.15) is 10.4 Å². The second-order valence-electron chi connectivity index (χ2n) is 5.60. The van der Waals surface area contributed by atoms with Crippen LogP contribution in [-0.2, 0) is 13.1 Å². The molecule has 0 spiro atoms. The maximum absolute atomic E-state index is 13.6. The Morgan fingerprint density at radius 3 is 2.76 bits per heavy atom. The van der Waals surface area contributed by atoms with Crippen LogP contribution in [0.3, 0.4) is 0 Å². The molecule has 0 aliphatic rings. The molecular formula is C19H17FN4O. The van der Waals surface area contributed by atoms with Gasteiger partial charge in [0, 0.05) is 19.2 Å². The molecule has 0 saturated carbocycles. The van der Waals surface area contributed by atoms with E-state index in [1.165, 1.54) is 17.7 Å². The molecule has 2 aromatic carbocycles. The predicted molar refractivity (Wildman–Crippen MR) is 91.5 cm³/mol. The number of halogens is 1. The van der Waals surface area contributed by atoms with Crippen LogP contribution in [-0.4, -0.2) is 10.2 Å². The molecule has 0 aliphatic heterocycles. The Morgan fingerprint density at radius 1 is 1.20 bits per heavy atom. The smallest absolute Gasteiger partial charge is 0.172 e. The van der Waals surface area contributed by atoms with E-state index >= 15 is 0 Å². The van der Waals surface area contributed by atoms with Crippen LogP contribution >= 0.6 is 0 Å². The van der Waals surface area contributed by atoms with E-state index in [1.54, 1.807) is 0 Å². The first-order valence-corrected chi connectivity index (χ1v) is 7.82. The first-order valence-electron chi connectivity index (χ1n) is 7.82. The summed E-state index contributed by atoms with van der Waals surface area (Å²) >= 11 is 0. The molecule has 0 unspecified atom stereocenters. The van der Waals surface area contributed by atoms with Gasteiger partial charge >= 0.3 is 0 Å². The molecule has 126 valence electrons. The van der Waals surface area contributed by atoms with Crippen LogP contribution in [0.2, 0.25) is 0 Å².